The first-order valence-electron chi connectivity index (χ1n) is 11.7. The van der Waals surface area contributed by atoms with Crippen LogP contribution in [-0.4, -0.2) is 46.1 Å². The molecular weight excluding hydrogens is 459 g/mol. The second-order valence-corrected chi connectivity index (χ2v) is 8.89. The van der Waals surface area contributed by atoms with Crippen molar-refractivity contribution < 1.29 is 14.3 Å². The maximum absolute atomic E-state index is 13.0. The van der Waals surface area contributed by atoms with Crippen LogP contribution in [0.3, 0.4) is 0 Å². The number of aromatic nitrogens is 2. The van der Waals surface area contributed by atoms with Crippen molar-refractivity contribution in [1.29, 1.82) is 5.26 Å². The Morgan fingerprint density at radius 3 is 2.56 bits per heavy atom. The number of halogens is 1. The van der Waals surface area contributed by atoms with Gasteiger partial charge in [0.05, 0.1) is 13.4 Å². The Kier molecular flexibility index (Phi) is 9.31. The van der Waals surface area contributed by atoms with Crippen LogP contribution in [0.1, 0.15) is 46.7 Å². The van der Waals surface area contributed by atoms with Crippen LogP contribution < -0.4 is 10.4 Å². The van der Waals surface area contributed by atoms with Gasteiger partial charge in [-0.25, -0.2) is 4.98 Å². The second-order valence-electron chi connectivity index (χ2n) is 8.89. The van der Waals surface area contributed by atoms with E-state index in [1.54, 1.807) is 12.1 Å². The first-order chi connectivity index (χ1) is 17.4. The maximum atomic E-state index is 13.0. The number of alkyl halides is 1. The van der Waals surface area contributed by atoms with Gasteiger partial charge in [-0.05, 0) is 41.2 Å². The number of carbonyl (C=O) groups excluding carboxylic acids is 1. The Labute approximate surface area is 211 Å². The van der Waals surface area contributed by atoms with E-state index in [0.29, 0.717) is 19.3 Å². The molecule has 0 bridgehead atoms. The number of nitriles is 1. The van der Waals surface area contributed by atoms with E-state index < -0.39 is 0 Å². The van der Waals surface area contributed by atoms with Crippen LogP contribution in [0, 0.1) is 17.2 Å². The summed E-state index contributed by atoms with van der Waals surface area (Å²) < 4.78 is 9.50. The van der Waals surface area contributed by atoms with E-state index in [1.807, 2.05) is 32.0 Å². The lowest BCUT2D eigenvalue weighted by molar-refractivity contribution is 0.0947. The Balaban J connectivity index is 0.00000176. The summed E-state index contributed by atoms with van der Waals surface area (Å²) in [7, 11) is 0.500. The number of anilines is 1. The molecule has 36 heavy (non-hydrogen) atoms. The lowest BCUT2D eigenvalue weighted by Crippen LogP contribution is -2.45. The van der Waals surface area contributed by atoms with Gasteiger partial charge in [-0.3, -0.25) is 24.5 Å². The van der Waals surface area contributed by atoms with Crippen LogP contribution in [0.5, 0.6) is 5.75 Å². The molecule has 0 saturated heterocycles. The molecule has 0 unspecified atom stereocenters. The summed E-state index contributed by atoms with van der Waals surface area (Å²) in [6.07, 6.45) is 2.21. The number of hydrogen-bond donors (Lipinski definition) is 2. The van der Waals surface area contributed by atoms with Gasteiger partial charge in [-0.1, -0.05) is 50.2 Å². The third kappa shape index (κ3) is 6.77. The van der Waals surface area contributed by atoms with Crippen LogP contribution in [0.15, 0.2) is 54.7 Å². The summed E-state index contributed by atoms with van der Waals surface area (Å²) in [6, 6.07) is 18.0. The highest BCUT2D eigenvalue weighted by atomic mass is 19.1. The molecule has 0 atom stereocenters. The monoisotopic (exact) mass is 490 g/mol. The highest BCUT2D eigenvalue weighted by Crippen LogP contribution is 2.24. The van der Waals surface area contributed by atoms with Crippen molar-refractivity contribution in [2.45, 2.75) is 33.4 Å². The maximum Gasteiger partial charge on any atom is 0.269 e. The summed E-state index contributed by atoms with van der Waals surface area (Å²) >= 11 is 0. The third-order valence-electron chi connectivity index (χ3n) is 5.72. The molecule has 1 aliphatic rings. The van der Waals surface area contributed by atoms with E-state index in [9.17, 15) is 14.3 Å². The second kappa shape index (κ2) is 12.6. The Bertz CT molecular complexity index is 1210. The van der Waals surface area contributed by atoms with Gasteiger partial charge in [-0.2, -0.15) is 10.2 Å². The molecule has 0 saturated carbocycles. The van der Waals surface area contributed by atoms with Crippen molar-refractivity contribution in [3.05, 3.63) is 82.8 Å². The van der Waals surface area contributed by atoms with Crippen LogP contribution in [-0.2, 0) is 19.5 Å². The zero-order valence-corrected chi connectivity index (χ0v) is 20.8. The number of benzene rings is 2. The van der Waals surface area contributed by atoms with Gasteiger partial charge in [0, 0.05) is 31.7 Å². The summed E-state index contributed by atoms with van der Waals surface area (Å²) in [5.41, 5.74) is 7.25. The summed E-state index contributed by atoms with van der Waals surface area (Å²) in [5, 5.41) is 20.8. The lowest BCUT2D eigenvalue weighted by atomic mass is 9.99. The first-order valence-corrected chi connectivity index (χ1v) is 11.7. The molecule has 0 spiro atoms. The van der Waals surface area contributed by atoms with Crippen LogP contribution in [0.2, 0.25) is 0 Å². The Morgan fingerprint density at radius 1 is 1.19 bits per heavy atom. The standard InChI is InChI=1S/C26H28N6O2.CH3F/c1-18(2)15-32(25-23(33)14-28-24(13-27)29-25)30-26(34)21-9-7-19(8-10-21)16-31-12-11-20-5-3-4-6-22(20)17-31;1-2/h3-10,14,18,33H,11-12,15-17H2,1-2H3,(H,30,34);1H3. The average molecular weight is 491 g/mol. The molecule has 0 aliphatic carbocycles. The van der Waals surface area contributed by atoms with Crippen molar-refractivity contribution >= 4 is 11.7 Å². The van der Waals surface area contributed by atoms with Gasteiger partial charge in [-0.15, -0.1) is 0 Å². The topological polar surface area (TPSA) is 105 Å². The average Bonchev–Trinajstić information content (AvgIpc) is 2.90. The predicted octanol–water partition coefficient (Wildman–Crippen LogP) is 4.01. The minimum absolute atomic E-state index is 0.0829. The largest absolute Gasteiger partial charge is 0.503 e. The molecule has 2 aromatic carbocycles. The molecule has 1 amide bonds. The number of hydrazine groups is 1. The molecule has 0 fully saturated rings. The molecule has 2 heterocycles. The van der Waals surface area contributed by atoms with Crippen molar-refractivity contribution in [1.82, 2.24) is 20.3 Å². The van der Waals surface area contributed by atoms with Crippen LogP contribution >= 0.6 is 0 Å². The van der Waals surface area contributed by atoms with Gasteiger partial charge in [0.1, 0.15) is 6.07 Å². The van der Waals surface area contributed by atoms with Crippen molar-refractivity contribution in [2.24, 2.45) is 5.92 Å². The van der Waals surface area contributed by atoms with E-state index >= 15 is 0 Å². The van der Waals surface area contributed by atoms with Gasteiger partial charge in [0.15, 0.2) is 11.6 Å². The summed E-state index contributed by atoms with van der Waals surface area (Å²) in [4.78, 5) is 23.2. The van der Waals surface area contributed by atoms with Crippen LogP contribution in [0.4, 0.5) is 10.2 Å². The summed E-state index contributed by atoms with van der Waals surface area (Å²) in [6.45, 7) is 7.12. The normalized spacial score (nSPS) is 12.7. The number of rotatable bonds is 7. The molecular formula is C27H31FN6O2. The zero-order valence-electron chi connectivity index (χ0n) is 20.8. The van der Waals surface area contributed by atoms with Crippen molar-refractivity contribution in [3.63, 3.8) is 0 Å². The third-order valence-corrected chi connectivity index (χ3v) is 5.72. The predicted molar refractivity (Wildman–Crippen MR) is 136 cm³/mol. The van der Waals surface area contributed by atoms with Crippen LogP contribution in [0.25, 0.3) is 0 Å². The summed E-state index contributed by atoms with van der Waals surface area (Å²) in [5.74, 6) is -0.359. The van der Waals surface area contributed by atoms with Gasteiger partial charge in [0.25, 0.3) is 5.91 Å². The quantitative estimate of drug-likeness (QED) is 0.482. The smallest absolute Gasteiger partial charge is 0.269 e. The van der Waals surface area contributed by atoms with E-state index in [-0.39, 0.29) is 29.2 Å². The van der Waals surface area contributed by atoms with Gasteiger partial charge < -0.3 is 5.11 Å². The zero-order chi connectivity index (χ0) is 26.1. The number of amides is 1. The fraction of sp³-hybridized carbons (Fsp3) is 0.333. The number of hydrogen-bond acceptors (Lipinski definition) is 7. The number of nitrogens with one attached hydrogen (secondary N) is 1. The fourth-order valence-electron chi connectivity index (χ4n) is 4.07. The fourth-order valence-corrected chi connectivity index (χ4v) is 4.07. The molecule has 1 aliphatic heterocycles. The van der Waals surface area contributed by atoms with Gasteiger partial charge in [0.2, 0.25) is 5.82 Å². The van der Waals surface area contributed by atoms with E-state index in [4.69, 9.17) is 5.26 Å². The number of aromatic hydroxyl groups is 1. The molecule has 3 aromatic rings. The molecule has 1 aromatic heterocycles. The van der Waals surface area contributed by atoms with Crippen molar-refractivity contribution in [2.75, 3.05) is 25.3 Å². The van der Waals surface area contributed by atoms with Gasteiger partial charge >= 0.3 is 0 Å². The van der Waals surface area contributed by atoms with E-state index in [0.717, 1.165) is 37.8 Å². The van der Waals surface area contributed by atoms with Crippen molar-refractivity contribution in [3.8, 4) is 11.8 Å². The van der Waals surface area contributed by atoms with E-state index in [1.165, 1.54) is 16.1 Å². The lowest BCUT2D eigenvalue weighted by Gasteiger charge is -2.28. The SMILES string of the molecule is CC(C)CN(NC(=O)c1ccc(CN2CCc3ccccc3C2)cc1)c1nc(C#N)ncc1O.CF. The number of fused-ring (bicyclic) bond motifs is 1. The van der Waals surface area contributed by atoms with E-state index in [2.05, 4.69) is 44.6 Å². The highest BCUT2D eigenvalue weighted by molar-refractivity contribution is 5.95. The molecule has 2 N–H and O–H groups in total. The highest BCUT2D eigenvalue weighted by Gasteiger charge is 2.20. The molecule has 4 rings (SSSR count). The molecule has 188 valence electrons. The number of nitrogens with zero attached hydrogens (tertiary/aromatic N) is 5. The Hall–Kier alpha value is -4.03. The molecule has 9 heteroatoms. The Morgan fingerprint density at radius 2 is 1.89 bits per heavy atom. The molecule has 8 nitrogen and oxygen atoms in total. The molecule has 0 radical (unpaired) electrons. The first kappa shape index (κ1) is 26.6. The minimum atomic E-state index is -0.324. The minimum Gasteiger partial charge on any atom is -0.503 e. The number of carbonyl (C=O) groups is 1.